The van der Waals surface area contributed by atoms with Gasteiger partial charge in [0.25, 0.3) is 0 Å². The second-order valence-electron chi connectivity index (χ2n) is 5.56. The molecule has 2 aromatic rings. The third-order valence-electron chi connectivity index (χ3n) is 3.82. The Hall–Kier alpha value is -2.29. The van der Waals surface area contributed by atoms with Crippen LogP contribution in [-0.2, 0) is 0 Å². The SMILES string of the molecule is CC1C=CC(c2ccc(-c3ccc(F)cc3)c(F)c2)=C(F)C1. The Balaban J connectivity index is 1.98. The molecule has 1 atom stereocenters. The van der Waals surface area contributed by atoms with Gasteiger partial charge in [0.2, 0.25) is 0 Å². The van der Waals surface area contributed by atoms with E-state index in [4.69, 9.17) is 0 Å². The van der Waals surface area contributed by atoms with E-state index in [9.17, 15) is 13.2 Å². The summed E-state index contributed by atoms with van der Waals surface area (Å²) in [4.78, 5) is 0. The zero-order chi connectivity index (χ0) is 15.7. The summed E-state index contributed by atoms with van der Waals surface area (Å²) in [5.41, 5.74) is 1.91. The molecular weight excluding hydrogens is 285 g/mol. The molecule has 0 heterocycles. The van der Waals surface area contributed by atoms with Gasteiger partial charge < -0.3 is 0 Å². The van der Waals surface area contributed by atoms with Crippen LogP contribution in [0.2, 0.25) is 0 Å². The van der Waals surface area contributed by atoms with Crippen LogP contribution in [0, 0.1) is 17.6 Å². The number of benzene rings is 2. The van der Waals surface area contributed by atoms with Gasteiger partial charge in [0.1, 0.15) is 17.5 Å². The van der Waals surface area contributed by atoms with Crippen molar-refractivity contribution in [1.82, 2.24) is 0 Å². The van der Waals surface area contributed by atoms with E-state index >= 15 is 0 Å². The summed E-state index contributed by atoms with van der Waals surface area (Å²) in [6, 6.07) is 10.2. The maximum Gasteiger partial charge on any atom is 0.131 e. The highest BCUT2D eigenvalue weighted by Gasteiger charge is 2.16. The summed E-state index contributed by atoms with van der Waals surface area (Å²) >= 11 is 0. The summed E-state index contributed by atoms with van der Waals surface area (Å²) in [6.07, 6.45) is 3.97. The van der Waals surface area contributed by atoms with Crippen molar-refractivity contribution in [2.75, 3.05) is 0 Å². The predicted octanol–water partition coefficient (Wildman–Crippen LogP) is 5.91. The molecule has 0 saturated heterocycles. The zero-order valence-corrected chi connectivity index (χ0v) is 12.1. The minimum Gasteiger partial charge on any atom is -0.211 e. The molecular formula is C19H15F3. The quantitative estimate of drug-likeness (QED) is 0.647. The molecule has 0 N–H and O–H groups in total. The Morgan fingerprint density at radius 2 is 1.59 bits per heavy atom. The zero-order valence-electron chi connectivity index (χ0n) is 12.1. The fourth-order valence-corrected chi connectivity index (χ4v) is 2.61. The van der Waals surface area contributed by atoms with Crippen molar-refractivity contribution in [3.8, 4) is 11.1 Å². The summed E-state index contributed by atoms with van der Waals surface area (Å²) in [5.74, 6) is -0.873. The van der Waals surface area contributed by atoms with Gasteiger partial charge in [-0.1, -0.05) is 43.3 Å². The first-order chi connectivity index (χ1) is 10.5. The maximum absolute atomic E-state index is 14.3. The van der Waals surface area contributed by atoms with Crippen LogP contribution in [0.25, 0.3) is 16.7 Å². The van der Waals surface area contributed by atoms with Crippen molar-refractivity contribution in [1.29, 1.82) is 0 Å². The second-order valence-corrected chi connectivity index (χ2v) is 5.56. The molecule has 1 aliphatic carbocycles. The lowest BCUT2D eigenvalue weighted by molar-refractivity contribution is 0.540. The highest BCUT2D eigenvalue weighted by molar-refractivity contribution is 5.78. The average Bonchev–Trinajstić information content (AvgIpc) is 2.48. The molecule has 1 aliphatic rings. The van der Waals surface area contributed by atoms with Crippen molar-refractivity contribution in [2.24, 2.45) is 5.92 Å². The third kappa shape index (κ3) is 2.84. The van der Waals surface area contributed by atoms with Crippen LogP contribution in [0.3, 0.4) is 0 Å². The Morgan fingerprint density at radius 3 is 2.23 bits per heavy atom. The molecule has 3 rings (SSSR count). The van der Waals surface area contributed by atoms with Gasteiger partial charge >= 0.3 is 0 Å². The molecule has 0 bridgehead atoms. The molecule has 0 amide bonds. The molecule has 0 aliphatic heterocycles. The van der Waals surface area contributed by atoms with E-state index in [0.717, 1.165) is 0 Å². The lowest BCUT2D eigenvalue weighted by atomic mass is 9.92. The van der Waals surface area contributed by atoms with Gasteiger partial charge in [-0.15, -0.1) is 0 Å². The molecule has 0 fully saturated rings. The van der Waals surface area contributed by atoms with E-state index in [1.807, 2.05) is 13.0 Å². The highest BCUT2D eigenvalue weighted by Crippen LogP contribution is 2.33. The van der Waals surface area contributed by atoms with Crippen molar-refractivity contribution < 1.29 is 13.2 Å². The Labute approximate surface area is 127 Å². The van der Waals surface area contributed by atoms with E-state index < -0.39 is 5.82 Å². The number of hydrogen-bond donors (Lipinski definition) is 0. The average molecular weight is 300 g/mol. The lowest BCUT2D eigenvalue weighted by Gasteiger charge is -2.15. The van der Waals surface area contributed by atoms with Crippen molar-refractivity contribution >= 4 is 5.57 Å². The molecule has 1 unspecified atom stereocenters. The molecule has 0 nitrogen and oxygen atoms in total. The standard InChI is InChI=1S/C19H15F3/c1-12-2-8-17(18(21)10-12)14-5-9-16(19(22)11-14)13-3-6-15(20)7-4-13/h2-9,11-12H,10H2,1H3. The van der Waals surface area contributed by atoms with Gasteiger partial charge in [-0.2, -0.15) is 0 Å². The van der Waals surface area contributed by atoms with Gasteiger partial charge in [0.05, 0.1) is 0 Å². The van der Waals surface area contributed by atoms with Crippen LogP contribution in [0.1, 0.15) is 18.9 Å². The van der Waals surface area contributed by atoms with Crippen molar-refractivity contribution in [3.63, 3.8) is 0 Å². The first-order valence-electron chi connectivity index (χ1n) is 7.17. The molecule has 0 saturated carbocycles. The first-order valence-corrected chi connectivity index (χ1v) is 7.17. The summed E-state index contributed by atoms with van der Waals surface area (Å²) < 4.78 is 41.3. The van der Waals surface area contributed by atoms with Gasteiger partial charge in [0, 0.05) is 17.6 Å². The van der Waals surface area contributed by atoms with Crippen molar-refractivity contribution in [3.05, 3.63) is 77.6 Å². The topological polar surface area (TPSA) is 0 Å². The fraction of sp³-hybridized carbons (Fsp3) is 0.158. The number of rotatable bonds is 2. The molecule has 112 valence electrons. The van der Waals surface area contributed by atoms with Crippen LogP contribution in [0.15, 0.2) is 60.4 Å². The molecule has 0 spiro atoms. The summed E-state index contributed by atoms with van der Waals surface area (Å²) in [6.45, 7) is 1.94. The van der Waals surface area contributed by atoms with E-state index in [-0.39, 0.29) is 17.6 Å². The fourth-order valence-electron chi connectivity index (χ4n) is 2.61. The van der Waals surface area contributed by atoms with E-state index in [2.05, 4.69) is 0 Å². The monoisotopic (exact) mass is 300 g/mol. The Kier molecular flexibility index (Phi) is 3.88. The second kappa shape index (κ2) is 5.84. The minimum absolute atomic E-state index is 0.159. The molecule has 0 aromatic heterocycles. The molecule has 3 heteroatoms. The summed E-state index contributed by atoms with van der Waals surface area (Å²) in [7, 11) is 0. The Bertz CT molecular complexity index is 755. The van der Waals surface area contributed by atoms with Crippen LogP contribution in [0.4, 0.5) is 13.2 Å². The predicted molar refractivity (Wildman–Crippen MR) is 82.7 cm³/mol. The third-order valence-corrected chi connectivity index (χ3v) is 3.82. The van der Waals surface area contributed by atoms with Crippen LogP contribution in [-0.4, -0.2) is 0 Å². The van der Waals surface area contributed by atoms with Gasteiger partial charge in [-0.25, -0.2) is 13.2 Å². The number of hydrogen-bond acceptors (Lipinski definition) is 0. The van der Waals surface area contributed by atoms with Crippen LogP contribution >= 0.6 is 0 Å². The van der Waals surface area contributed by atoms with Gasteiger partial charge in [-0.05, 0) is 35.2 Å². The minimum atomic E-state index is -0.448. The maximum atomic E-state index is 14.3. The van der Waals surface area contributed by atoms with Crippen molar-refractivity contribution in [2.45, 2.75) is 13.3 Å². The van der Waals surface area contributed by atoms with Crippen LogP contribution in [0.5, 0.6) is 0 Å². The molecule has 0 radical (unpaired) electrons. The normalized spacial score (nSPS) is 17.9. The number of halogens is 3. The first kappa shape index (κ1) is 14.6. The van der Waals surface area contributed by atoms with E-state index in [0.29, 0.717) is 28.7 Å². The lowest BCUT2D eigenvalue weighted by Crippen LogP contribution is -1.99. The number of allylic oxidation sites excluding steroid dienone is 4. The largest absolute Gasteiger partial charge is 0.211 e. The smallest absolute Gasteiger partial charge is 0.131 e. The Morgan fingerprint density at radius 1 is 0.909 bits per heavy atom. The molecule has 22 heavy (non-hydrogen) atoms. The van der Waals surface area contributed by atoms with Gasteiger partial charge in [0.15, 0.2) is 0 Å². The van der Waals surface area contributed by atoms with Crippen LogP contribution < -0.4 is 0 Å². The molecule has 2 aromatic carbocycles. The highest BCUT2D eigenvalue weighted by atomic mass is 19.1. The van der Waals surface area contributed by atoms with E-state index in [1.165, 1.54) is 30.3 Å². The van der Waals surface area contributed by atoms with Gasteiger partial charge in [-0.3, -0.25) is 0 Å². The van der Waals surface area contributed by atoms with E-state index in [1.54, 1.807) is 18.2 Å². The summed E-state index contributed by atoms with van der Waals surface area (Å²) in [5, 5.41) is 0.